The second-order valence-electron chi connectivity index (χ2n) is 6.33. The summed E-state index contributed by atoms with van der Waals surface area (Å²) in [6, 6.07) is 15.0. The van der Waals surface area contributed by atoms with Gasteiger partial charge in [0.05, 0.1) is 12.1 Å². The number of carbonyl (C=O) groups excluding carboxylic acids is 2. The lowest BCUT2D eigenvalue weighted by Crippen LogP contribution is -2.40. The van der Waals surface area contributed by atoms with Crippen molar-refractivity contribution in [3.8, 4) is 0 Å². The van der Waals surface area contributed by atoms with E-state index in [9.17, 15) is 19.5 Å². The molecule has 0 saturated carbocycles. The average molecular weight is 349 g/mol. The molecule has 0 fully saturated rings. The van der Waals surface area contributed by atoms with Crippen molar-refractivity contribution in [1.29, 1.82) is 0 Å². The predicted molar refractivity (Wildman–Crippen MR) is 95.2 cm³/mol. The molecule has 2 aromatic carbocycles. The molecule has 1 aromatic heterocycles. The first kappa shape index (κ1) is 16.2. The fourth-order valence-corrected chi connectivity index (χ4v) is 3.37. The van der Waals surface area contributed by atoms with Gasteiger partial charge in [0.1, 0.15) is 11.1 Å². The van der Waals surface area contributed by atoms with E-state index < -0.39 is 29.3 Å². The van der Waals surface area contributed by atoms with E-state index in [-0.39, 0.29) is 5.56 Å². The molecule has 0 spiro atoms. The van der Waals surface area contributed by atoms with Gasteiger partial charge in [0.2, 0.25) is 0 Å². The molecular weight excluding hydrogens is 334 g/mol. The molecule has 1 unspecified atom stereocenters. The van der Waals surface area contributed by atoms with Crippen molar-refractivity contribution in [3.05, 3.63) is 76.1 Å². The Balaban J connectivity index is 1.76. The Labute approximate surface area is 148 Å². The summed E-state index contributed by atoms with van der Waals surface area (Å²) in [5.74, 6) is -1.25. The second-order valence-corrected chi connectivity index (χ2v) is 6.33. The third-order valence-electron chi connectivity index (χ3n) is 4.73. The summed E-state index contributed by atoms with van der Waals surface area (Å²) in [4.78, 5) is 38.8. The highest BCUT2D eigenvalue weighted by Gasteiger charge is 2.49. The number of anilines is 1. The van der Waals surface area contributed by atoms with E-state index in [1.165, 1.54) is 18.0 Å². The SMILES string of the molecule is CN1C(=O)C(O)(CC(=O)c2cc3ccccc3oc2=O)c2ccccc21. The maximum atomic E-state index is 12.7. The van der Waals surface area contributed by atoms with Crippen LogP contribution in [0.5, 0.6) is 0 Å². The van der Waals surface area contributed by atoms with Crippen LogP contribution in [0.3, 0.4) is 0 Å². The summed E-state index contributed by atoms with van der Waals surface area (Å²) in [5.41, 5.74) is -1.71. The number of carbonyl (C=O) groups is 2. The lowest BCUT2D eigenvalue weighted by molar-refractivity contribution is -0.135. The van der Waals surface area contributed by atoms with Gasteiger partial charge in [-0.25, -0.2) is 4.79 Å². The van der Waals surface area contributed by atoms with Crippen molar-refractivity contribution in [2.24, 2.45) is 0 Å². The molecule has 1 aliphatic heterocycles. The number of nitrogens with zero attached hydrogens (tertiary/aromatic N) is 1. The van der Waals surface area contributed by atoms with Crippen molar-refractivity contribution in [1.82, 2.24) is 0 Å². The minimum Gasteiger partial charge on any atom is -0.422 e. The van der Waals surface area contributed by atoms with Gasteiger partial charge in [0.15, 0.2) is 11.4 Å². The normalized spacial score (nSPS) is 19.0. The van der Waals surface area contributed by atoms with E-state index in [2.05, 4.69) is 0 Å². The van der Waals surface area contributed by atoms with Crippen LogP contribution in [0.15, 0.2) is 63.8 Å². The number of hydrogen-bond acceptors (Lipinski definition) is 5. The van der Waals surface area contributed by atoms with Crippen LogP contribution in [0.1, 0.15) is 22.3 Å². The van der Waals surface area contributed by atoms with Crippen molar-refractivity contribution >= 4 is 28.3 Å². The maximum Gasteiger partial charge on any atom is 0.347 e. The third kappa shape index (κ3) is 2.27. The lowest BCUT2D eigenvalue weighted by Gasteiger charge is -2.20. The van der Waals surface area contributed by atoms with Crippen LogP contribution in [-0.4, -0.2) is 23.8 Å². The number of benzene rings is 2. The van der Waals surface area contributed by atoms with Crippen molar-refractivity contribution in [3.63, 3.8) is 0 Å². The van der Waals surface area contributed by atoms with E-state index >= 15 is 0 Å². The Morgan fingerprint density at radius 1 is 1.12 bits per heavy atom. The zero-order valence-corrected chi connectivity index (χ0v) is 13.9. The van der Waals surface area contributed by atoms with Crippen LogP contribution in [0.25, 0.3) is 11.0 Å². The fraction of sp³-hybridized carbons (Fsp3) is 0.150. The Bertz CT molecular complexity index is 1120. The topological polar surface area (TPSA) is 87.8 Å². The van der Waals surface area contributed by atoms with Gasteiger partial charge in [-0.1, -0.05) is 36.4 Å². The van der Waals surface area contributed by atoms with Gasteiger partial charge in [-0.2, -0.15) is 0 Å². The Morgan fingerprint density at radius 2 is 1.81 bits per heavy atom. The van der Waals surface area contributed by atoms with Gasteiger partial charge in [0, 0.05) is 18.0 Å². The van der Waals surface area contributed by atoms with Crippen molar-refractivity contribution < 1.29 is 19.1 Å². The summed E-state index contributed by atoms with van der Waals surface area (Å²) >= 11 is 0. The van der Waals surface area contributed by atoms with Crippen LogP contribution in [0, 0.1) is 0 Å². The quantitative estimate of drug-likeness (QED) is 0.579. The minimum atomic E-state index is -2.00. The van der Waals surface area contributed by atoms with Crippen LogP contribution in [0.4, 0.5) is 5.69 Å². The summed E-state index contributed by atoms with van der Waals surface area (Å²) in [5, 5.41) is 11.6. The summed E-state index contributed by atoms with van der Waals surface area (Å²) in [6.07, 6.45) is -0.531. The zero-order chi connectivity index (χ0) is 18.5. The number of para-hydroxylation sites is 2. The molecule has 0 aliphatic carbocycles. The van der Waals surface area contributed by atoms with Gasteiger partial charge in [-0.3, -0.25) is 9.59 Å². The molecule has 0 bridgehead atoms. The first-order valence-corrected chi connectivity index (χ1v) is 8.08. The van der Waals surface area contributed by atoms with Crippen LogP contribution in [0.2, 0.25) is 0 Å². The molecule has 1 aliphatic rings. The van der Waals surface area contributed by atoms with Gasteiger partial charge in [-0.05, 0) is 18.2 Å². The Hall–Kier alpha value is -3.25. The number of aliphatic hydroxyl groups is 1. The minimum absolute atomic E-state index is 0.183. The van der Waals surface area contributed by atoms with Gasteiger partial charge >= 0.3 is 5.63 Å². The number of likely N-dealkylation sites (N-methyl/N-ethyl adjacent to an activating group) is 1. The summed E-state index contributed by atoms with van der Waals surface area (Å²) in [6.45, 7) is 0. The van der Waals surface area contributed by atoms with Gasteiger partial charge in [-0.15, -0.1) is 0 Å². The molecule has 4 rings (SSSR count). The highest BCUT2D eigenvalue weighted by atomic mass is 16.4. The first-order valence-electron chi connectivity index (χ1n) is 8.08. The van der Waals surface area contributed by atoms with Crippen molar-refractivity contribution in [2.75, 3.05) is 11.9 Å². The van der Waals surface area contributed by atoms with E-state index in [1.807, 2.05) is 0 Å². The summed E-state index contributed by atoms with van der Waals surface area (Å²) in [7, 11) is 1.54. The largest absolute Gasteiger partial charge is 0.422 e. The molecule has 0 saturated heterocycles. The van der Waals surface area contributed by atoms with Crippen LogP contribution < -0.4 is 10.5 Å². The van der Waals surface area contributed by atoms with Crippen LogP contribution in [-0.2, 0) is 10.4 Å². The smallest absolute Gasteiger partial charge is 0.347 e. The lowest BCUT2D eigenvalue weighted by atomic mass is 9.88. The van der Waals surface area contributed by atoms with Gasteiger partial charge in [0.25, 0.3) is 5.91 Å². The van der Waals surface area contributed by atoms with E-state index in [4.69, 9.17) is 4.42 Å². The number of Topliss-reactive ketones (excluding diaryl/α,β-unsaturated/α-hetero) is 1. The standard InChI is InChI=1S/C20H15NO5/c1-21-15-8-4-3-7-14(15)20(25,19(21)24)11-16(22)13-10-12-6-2-5-9-17(12)26-18(13)23/h2-10,25H,11H2,1H3. The number of ketones is 1. The third-order valence-corrected chi connectivity index (χ3v) is 4.73. The van der Waals surface area contributed by atoms with E-state index in [1.54, 1.807) is 48.5 Å². The molecule has 2 heterocycles. The number of amides is 1. The number of rotatable bonds is 3. The predicted octanol–water partition coefficient (Wildman–Crippen LogP) is 2.23. The van der Waals surface area contributed by atoms with E-state index in [0.717, 1.165) is 0 Å². The number of hydrogen-bond donors (Lipinski definition) is 1. The maximum absolute atomic E-state index is 12.7. The van der Waals surface area contributed by atoms with Crippen LogP contribution >= 0.6 is 0 Å². The molecule has 1 N–H and O–H groups in total. The Kier molecular flexibility index (Phi) is 3.52. The Morgan fingerprint density at radius 3 is 2.62 bits per heavy atom. The average Bonchev–Trinajstić information content (AvgIpc) is 2.83. The van der Waals surface area contributed by atoms with Gasteiger partial charge < -0.3 is 14.4 Å². The highest BCUT2D eigenvalue weighted by Crippen LogP contribution is 2.41. The fourth-order valence-electron chi connectivity index (χ4n) is 3.37. The molecule has 26 heavy (non-hydrogen) atoms. The molecular formula is C20H15NO5. The molecule has 6 nitrogen and oxygen atoms in total. The molecule has 1 atom stereocenters. The monoisotopic (exact) mass is 349 g/mol. The first-order chi connectivity index (χ1) is 12.4. The molecule has 1 amide bonds. The summed E-state index contributed by atoms with van der Waals surface area (Å²) < 4.78 is 5.18. The molecule has 6 heteroatoms. The second kappa shape index (κ2) is 5.64. The molecule has 130 valence electrons. The molecule has 3 aromatic rings. The van der Waals surface area contributed by atoms with E-state index in [0.29, 0.717) is 22.2 Å². The highest BCUT2D eigenvalue weighted by molar-refractivity contribution is 6.10. The zero-order valence-electron chi connectivity index (χ0n) is 13.9. The molecule has 0 radical (unpaired) electrons. The number of fused-ring (bicyclic) bond motifs is 2. The van der Waals surface area contributed by atoms with Crippen molar-refractivity contribution in [2.45, 2.75) is 12.0 Å².